The lowest BCUT2D eigenvalue weighted by molar-refractivity contribution is 0.628. The van der Waals surface area contributed by atoms with Crippen LogP contribution in [0.2, 0.25) is 5.02 Å². The summed E-state index contributed by atoms with van der Waals surface area (Å²) in [6, 6.07) is 4.07. The molecule has 0 aliphatic heterocycles. The highest BCUT2D eigenvalue weighted by Gasteiger charge is 2.25. The monoisotopic (exact) mass is 212 g/mol. The van der Waals surface area contributed by atoms with E-state index in [4.69, 9.17) is 17.3 Å². The Bertz CT molecular complexity index is 386. The van der Waals surface area contributed by atoms with E-state index in [2.05, 4.69) is 4.99 Å². The Balaban J connectivity index is 2.30. The molecule has 0 heterocycles. The van der Waals surface area contributed by atoms with Crippen molar-refractivity contribution in [3.63, 3.8) is 0 Å². The maximum Gasteiger partial charge on any atom is 0.125 e. The molecule has 2 N–H and O–H groups in total. The van der Waals surface area contributed by atoms with E-state index in [9.17, 15) is 4.39 Å². The first-order valence-corrected chi connectivity index (χ1v) is 4.84. The molecule has 2 nitrogen and oxygen atoms in total. The molecule has 1 fully saturated rings. The highest BCUT2D eigenvalue weighted by molar-refractivity contribution is 6.33. The van der Waals surface area contributed by atoms with Crippen molar-refractivity contribution in [2.24, 2.45) is 16.6 Å². The lowest BCUT2D eigenvalue weighted by Crippen LogP contribution is -2.13. The molecule has 1 aromatic rings. The molecule has 14 heavy (non-hydrogen) atoms. The summed E-state index contributed by atoms with van der Waals surface area (Å²) in [6.45, 7) is 0. The highest BCUT2D eigenvalue weighted by atomic mass is 35.5. The van der Waals surface area contributed by atoms with Crippen LogP contribution in [0.15, 0.2) is 23.2 Å². The molecule has 4 heteroatoms. The van der Waals surface area contributed by atoms with E-state index in [1.165, 1.54) is 18.2 Å². The van der Waals surface area contributed by atoms with Gasteiger partial charge < -0.3 is 5.73 Å². The molecule has 1 aromatic carbocycles. The SMILES string of the molecule is NC(=Nc1cc(F)ccc1Cl)C1CC1. The molecular formula is C10H10ClFN2. The topological polar surface area (TPSA) is 38.4 Å². The molecule has 0 bridgehead atoms. The highest BCUT2D eigenvalue weighted by Crippen LogP contribution is 2.32. The molecule has 1 aliphatic rings. The van der Waals surface area contributed by atoms with Crippen LogP contribution in [-0.2, 0) is 0 Å². The fraction of sp³-hybridized carbons (Fsp3) is 0.300. The quantitative estimate of drug-likeness (QED) is 0.594. The average Bonchev–Trinajstić information content (AvgIpc) is 2.94. The summed E-state index contributed by atoms with van der Waals surface area (Å²) >= 11 is 5.84. The first kappa shape index (κ1) is 9.46. The van der Waals surface area contributed by atoms with Crippen LogP contribution in [0.3, 0.4) is 0 Å². The Morgan fingerprint density at radius 2 is 2.21 bits per heavy atom. The van der Waals surface area contributed by atoms with Gasteiger partial charge in [-0.3, -0.25) is 0 Å². The van der Waals surface area contributed by atoms with Crippen LogP contribution in [0.4, 0.5) is 10.1 Å². The Hall–Kier alpha value is -1.09. The number of benzene rings is 1. The number of halogens is 2. The van der Waals surface area contributed by atoms with E-state index in [1.54, 1.807) is 0 Å². The third-order valence-corrected chi connectivity index (χ3v) is 2.47. The van der Waals surface area contributed by atoms with Crippen molar-refractivity contribution in [2.75, 3.05) is 0 Å². The summed E-state index contributed by atoms with van der Waals surface area (Å²) in [5, 5.41) is 0.426. The number of nitrogens with zero attached hydrogens (tertiary/aromatic N) is 1. The number of hydrogen-bond acceptors (Lipinski definition) is 1. The number of rotatable bonds is 2. The Morgan fingerprint density at radius 1 is 1.50 bits per heavy atom. The van der Waals surface area contributed by atoms with Crippen molar-refractivity contribution in [1.82, 2.24) is 0 Å². The predicted molar refractivity (Wildman–Crippen MR) is 55.4 cm³/mol. The van der Waals surface area contributed by atoms with Gasteiger partial charge in [-0.05, 0) is 25.0 Å². The van der Waals surface area contributed by atoms with Gasteiger partial charge in [0.1, 0.15) is 11.7 Å². The van der Waals surface area contributed by atoms with E-state index in [-0.39, 0.29) is 5.82 Å². The molecule has 2 rings (SSSR count). The maximum atomic E-state index is 12.8. The zero-order valence-electron chi connectivity index (χ0n) is 7.50. The van der Waals surface area contributed by atoms with Crippen LogP contribution in [0.1, 0.15) is 12.8 Å². The molecule has 0 saturated heterocycles. The third kappa shape index (κ3) is 2.04. The number of hydrogen-bond donors (Lipinski definition) is 1. The molecule has 1 aliphatic carbocycles. The molecular weight excluding hydrogens is 203 g/mol. The zero-order valence-corrected chi connectivity index (χ0v) is 8.26. The zero-order chi connectivity index (χ0) is 10.1. The minimum absolute atomic E-state index is 0.350. The van der Waals surface area contributed by atoms with E-state index in [1.807, 2.05) is 0 Å². The average molecular weight is 213 g/mol. The van der Waals surface area contributed by atoms with E-state index in [0.717, 1.165) is 12.8 Å². The molecule has 0 atom stereocenters. The van der Waals surface area contributed by atoms with Gasteiger partial charge in [0.15, 0.2) is 0 Å². The molecule has 1 saturated carbocycles. The van der Waals surface area contributed by atoms with Crippen LogP contribution in [0, 0.1) is 11.7 Å². The number of nitrogens with two attached hydrogens (primary N) is 1. The van der Waals surface area contributed by atoms with Crippen molar-refractivity contribution in [3.05, 3.63) is 29.0 Å². The summed E-state index contributed by atoms with van der Waals surface area (Å²) in [4.78, 5) is 4.10. The summed E-state index contributed by atoms with van der Waals surface area (Å²) < 4.78 is 12.8. The normalized spacial score (nSPS) is 17.1. The van der Waals surface area contributed by atoms with Gasteiger partial charge in [-0.1, -0.05) is 11.6 Å². The van der Waals surface area contributed by atoms with Crippen molar-refractivity contribution in [2.45, 2.75) is 12.8 Å². The first-order valence-electron chi connectivity index (χ1n) is 4.46. The minimum Gasteiger partial charge on any atom is -0.387 e. The Labute approximate surface area is 86.6 Å². The lowest BCUT2D eigenvalue weighted by Gasteiger charge is -2.00. The molecule has 0 aromatic heterocycles. The van der Waals surface area contributed by atoms with Crippen LogP contribution in [-0.4, -0.2) is 5.84 Å². The van der Waals surface area contributed by atoms with E-state index < -0.39 is 0 Å². The van der Waals surface area contributed by atoms with Crippen molar-refractivity contribution < 1.29 is 4.39 Å². The first-order chi connectivity index (χ1) is 6.66. The van der Waals surface area contributed by atoms with Gasteiger partial charge in [0, 0.05) is 12.0 Å². The standard InChI is InChI=1S/C10H10ClFN2/c11-8-4-3-7(12)5-9(8)14-10(13)6-1-2-6/h3-6H,1-2H2,(H2,13,14). The molecule has 0 spiro atoms. The maximum absolute atomic E-state index is 12.8. The summed E-state index contributed by atoms with van der Waals surface area (Å²) in [5.74, 6) is 0.573. The van der Waals surface area contributed by atoms with Crippen LogP contribution in [0.5, 0.6) is 0 Å². The van der Waals surface area contributed by atoms with Crippen molar-refractivity contribution in [3.8, 4) is 0 Å². The van der Waals surface area contributed by atoms with E-state index >= 15 is 0 Å². The largest absolute Gasteiger partial charge is 0.387 e. The number of aliphatic imine (C=N–C) groups is 1. The van der Waals surface area contributed by atoms with Crippen LogP contribution < -0.4 is 5.73 Å². The lowest BCUT2D eigenvalue weighted by atomic mass is 10.3. The van der Waals surface area contributed by atoms with Crippen molar-refractivity contribution >= 4 is 23.1 Å². The second kappa shape index (κ2) is 3.58. The van der Waals surface area contributed by atoms with Gasteiger partial charge >= 0.3 is 0 Å². The van der Waals surface area contributed by atoms with Crippen LogP contribution in [0.25, 0.3) is 0 Å². The summed E-state index contributed by atoms with van der Waals surface area (Å²) in [5.41, 5.74) is 6.11. The Kier molecular flexibility index (Phi) is 2.42. The fourth-order valence-electron chi connectivity index (χ4n) is 1.18. The Morgan fingerprint density at radius 3 is 2.86 bits per heavy atom. The van der Waals surface area contributed by atoms with Gasteiger partial charge in [-0.15, -0.1) is 0 Å². The van der Waals surface area contributed by atoms with Crippen LogP contribution >= 0.6 is 11.6 Å². The van der Waals surface area contributed by atoms with Gasteiger partial charge in [0.05, 0.1) is 10.7 Å². The smallest absolute Gasteiger partial charge is 0.125 e. The molecule has 74 valence electrons. The van der Waals surface area contributed by atoms with Gasteiger partial charge in [-0.2, -0.15) is 0 Å². The molecule has 0 unspecified atom stereocenters. The predicted octanol–water partition coefficient (Wildman–Crippen LogP) is 2.88. The third-order valence-electron chi connectivity index (χ3n) is 2.15. The molecule has 0 amide bonds. The van der Waals surface area contributed by atoms with Gasteiger partial charge in [0.2, 0.25) is 0 Å². The minimum atomic E-state index is -0.350. The van der Waals surface area contributed by atoms with Gasteiger partial charge in [-0.25, -0.2) is 9.38 Å². The summed E-state index contributed by atoms with van der Waals surface area (Å²) in [6.07, 6.45) is 2.14. The van der Waals surface area contributed by atoms with Gasteiger partial charge in [0.25, 0.3) is 0 Å². The van der Waals surface area contributed by atoms with E-state index in [0.29, 0.717) is 22.5 Å². The second-order valence-electron chi connectivity index (χ2n) is 3.41. The second-order valence-corrected chi connectivity index (χ2v) is 3.81. The fourth-order valence-corrected chi connectivity index (χ4v) is 1.34. The van der Waals surface area contributed by atoms with Crippen molar-refractivity contribution in [1.29, 1.82) is 0 Å². The summed E-state index contributed by atoms with van der Waals surface area (Å²) in [7, 11) is 0. The molecule has 0 radical (unpaired) electrons. The number of amidine groups is 1.